The lowest BCUT2D eigenvalue weighted by atomic mass is 10.1. The van der Waals surface area contributed by atoms with Crippen molar-refractivity contribution in [2.45, 2.75) is 19.8 Å². The van der Waals surface area contributed by atoms with E-state index in [2.05, 4.69) is 15.0 Å². The molecule has 1 aliphatic carbocycles. The first-order valence-electron chi connectivity index (χ1n) is 8.52. The van der Waals surface area contributed by atoms with Crippen LogP contribution in [0.4, 0.5) is 0 Å². The fourth-order valence-electron chi connectivity index (χ4n) is 3.06. The number of primary amides is 1. The molecule has 3 N–H and O–H groups in total. The number of hydrogen-bond donors (Lipinski definition) is 2. The molecule has 0 saturated heterocycles. The summed E-state index contributed by atoms with van der Waals surface area (Å²) in [5, 5.41) is 0. The number of benzene rings is 1. The lowest BCUT2D eigenvalue weighted by molar-refractivity contribution is 0.100. The number of fused-ring (bicyclic) bond motifs is 1. The van der Waals surface area contributed by atoms with E-state index < -0.39 is 5.91 Å². The molecule has 1 saturated carbocycles. The number of hydrogen-bond acceptors (Lipinski definition) is 5. The second kappa shape index (κ2) is 6.33. The molecule has 4 rings (SSSR count). The quantitative estimate of drug-likeness (QED) is 0.710. The molecule has 1 fully saturated rings. The summed E-state index contributed by atoms with van der Waals surface area (Å²) in [7, 11) is 1.62. The van der Waals surface area contributed by atoms with Gasteiger partial charge in [0.2, 0.25) is 0 Å². The Morgan fingerprint density at radius 1 is 1.35 bits per heavy atom. The van der Waals surface area contributed by atoms with E-state index in [1.807, 2.05) is 18.2 Å². The van der Waals surface area contributed by atoms with Crippen LogP contribution < -0.4 is 15.2 Å². The molecule has 3 aromatic rings. The molecular weight excluding hydrogens is 332 g/mol. The minimum Gasteiger partial charge on any atom is -0.497 e. The van der Waals surface area contributed by atoms with E-state index >= 15 is 0 Å². The van der Waals surface area contributed by atoms with Crippen LogP contribution in [0.1, 0.15) is 28.9 Å². The van der Waals surface area contributed by atoms with Crippen LogP contribution in [0.2, 0.25) is 0 Å². The molecule has 7 nitrogen and oxygen atoms in total. The zero-order valence-corrected chi connectivity index (χ0v) is 14.7. The monoisotopic (exact) mass is 352 g/mol. The molecule has 1 aliphatic rings. The number of aromatic nitrogens is 3. The number of H-pyrrole nitrogens is 1. The number of carbonyl (C=O) groups is 1. The highest BCUT2D eigenvalue weighted by molar-refractivity contribution is 6.08. The topological polar surface area (TPSA) is 103 Å². The number of carbonyl (C=O) groups excluding carboxylic acids is 1. The molecular formula is C19H20N4O3. The number of nitrogens with two attached hydrogens (primary N) is 1. The van der Waals surface area contributed by atoms with E-state index in [1.54, 1.807) is 14.0 Å². The summed E-state index contributed by atoms with van der Waals surface area (Å²) in [4.78, 5) is 23.7. The molecule has 0 bridgehead atoms. The Kier molecular flexibility index (Phi) is 3.99. The average molecular weight is 352 g/mol. The summed E-state index contributed by atoms with van der Waals surface area (Å²) in [6, 6.07) is 5.62. The number of nitrogens with one attached hydrogen (secondary N) is 1. The first kappa shape index (κ1) is 16.4. The lowest BCUT2D eigenvalue weighted by Gasteiger charge is -2.13. The van der Waals surface area contributed by atoms with Gasteiger partial charge < -0.3 is 20.2 Å². The van der Waals surface area contributed by atoms with Gasteiger partial charge in [-0.05, 0) is 37.8 Å². The summed E-state index contributed by atoms with van der Waals surface area (Å²) in [5.41, 5.74) is 9.23. The Bertz CT molecular complexity index is 992. The summed E-state index contributed by atoms with van der Waals surface area (Å²) in [6.07, 6.45) is 3.84. The highest BCUT2D eigenvalue weighted by Crippen LogP contribution is 2.38. The van der Waals surface area contributed by atoms with Crippen LogP contribution in [-0.4, -0.2) is 34.6 Å². The second-order valence-corrected chi connectivity index (χ2v) is 6.55. The van der Waals surface area contributed by atoms with Gasteiger partial charge in [-0.2, -0.15) is 0 Å². The van der Waals surface area contributed by atoms with Gasteiger partial charge in [0.25, 0.3) is 5.91 Å². The molecule has 0 radical (unpaired) electrons. The minimum atomic E-state index is -0.515. The third kappa shape index (κ3) is 2.85. The van der Waals surface area contributed by atoms with Crippen LogP contribution in [0, 0.1) is 12.8 Å². The highest BCUT2D eigenvalue weighted by atomic mass is 16.5. The normalized spacial score (nSPS) is 13.8. The minimum absolute atomic E-state index is 0.387. The summed E-state index contributed by atoms with van der Waals surface area (Å²) in [6.45, 7) is 2.47. The van der Waals surface area contributed by atoms with E-state index in [-0.39, 0.29) is 0 Å². The molecule has 134 valence electrons. The van der Waals surface area contributed by atoms with Crippen LogP contribution in [0.15, 0.2) is 24.5 Å². The van der Waals surface area contributed by atoms with Gasteiger partial charge in [0.05, 0.1) is 24.8 Å². The zero-order valence-electron chi connectivity index (χ0n) is 14.7. The van der Waals surface area contributed by atoms with Crippen LogP contribution >= 0.6 is 0 Å². The van der Waals surface area contributed by atoms with Gasteiger partial charge in [0.15, 0.2) is 0 Å². The van der Waals surface area contributed by atoms with Crippen molar-refractivity contribution in [1.29, 1.82) is 0 Å². The number of aryl methyl sites for hydroxylation is 1. The van der Waals surface area contributed by atoms with Gasteiger partial charge in [-0.1, -0.05) is 0 Å². The van der Waals surface area contributed by atoms with E-state index in [9.17, 15) is 4.79 Å². The van der Waals surface area contributed by atoms with Crippen LogP contribution in [0.3, 0.4) is 0 Å². The van der Waals surface area contributed by atoms with E-state index in [1.165, 1.54) is 19.2 Å². The van der Waals surface area contributed by atoms with E-state index in [0.717, 1.165) is 5.56 Å². The van der Waals surface area contributed by atoms with Gasteiger partial charge in [0.1, 0.15) is 29.0 Å². The average Bonchev–Trinajstić information content (AvgIpc) is 3.39. The molecule has 1 amide bonds. The molecule has 0 aliphatic heterocycles. The molecule has 0 unspecified atom stereocenters. The molecule has 2 heterocycles. The molecule has 26 heavy (non-hydrogen) atoms. The van der Waals surface area contributed by atoms with Crippen LogP contribution in [0.5, 0.6) is 11.5 Å². The highest BCUT2D eigenvalue weighted by Gasteiger charge is 2.24. The van der Waals surface area contributed by atoms with Gasteiger partial charge in [-0.3, -0.25) is 4.79 Å². The summed E-state index contributed by atoms with van der Waals surface area (Å²) < 4.78 is 11.4. The Morgan fingerprint density at radius 3 is 2.85 bits per heavy atom. The first-order valence-corrected chi connectivity index (χ1v) is 8.52. The molecule has 1 aromatic carbocycles. The zero-order chi connectivity index (χ0) is 18.3. The molecule has 0 spiro atoms. The maximum atomic E-state index is 11.8. The summed E-state index contributed by atoms with van der Waals surface area (Å²) in [5.74, 6) is 1.52. The van der Waals surface area contributed by atoms with Gasteiger partial charge >= 0.3 is 0 Å². The van der Waals surface area contributed by atoms with Crippen molar-refractivity contribution < 1.29 is 14.3 Å². The SMILES string of the molecule is COc1ccc(-c2ncnc3c(C(N)=O)c(C)[nH]c23)c(OCC2CC2)c1. The van der Waals surface area contributed by atoms with Crippen molar-refractivity contribution in [2.75, 3.05) is 13.7 Å². The summed E-state index contributed by atoms with van der Waals surface area (Å²) >= 11 is 0. The van der Waals surface area contributed by atoms with Crippen LogP contribution in [-0.2, 0) is 0 Å². The number of aromatic amines is 1. The van der Waals surface area contributed by atoms with Crippen molar-refractivity contribution in [3.63, 3.8) is 0 Å². The fraction of sp³-hybridized carbons (Fsp3) is 0.316. The van der Waals surface area contributed by atoms with Crippen molar-refractivity contribution >= 4 is 16.9 Å². The Balaban J connectivity index is 1.86. The van der Waals surface area contributed by atoms with E-state index in [0.29, 0.717) is 52.0 Å². The number of ether oxygens (including phenoxy) is 2. The van der Waals surface area contributed by atoms with Gasteiger partial charge in [-0.15, -0.1) is 0 Å². The second-order valence-electron chi connectivity index (χ2n) is 6.55. The number of rotatable bonds is 6. The Morgan fingerprint density at radius 2 is 2.15 bits per heavy atom. The molecule has 2 aromatic heterocycles. The first-order chi connectivity index (χ1) is 12.6. The van der Waals surface area contributed by atoms with Crippen molar-refractivity contribution in [2.24, 2.45) is 11.7 Å². The largest absolute Gasteiger partial charge is 0.497 e. The van der Waals surface area contributed by atoms with Crippen molar-refractivity contribution in [1.82, 2.24) is 15.0 Å². The number of amides is 1. The molecule has 7 heteroatoms. The number of nitrogens with zero attached hydrogens (tertiary/aromatic N) is 2. The fourth-order valence-corrected chi connectivity index (χ4v) is 3.06. The third-order valence-corrected chi connectivity index (χ3v) is 4.63. The smallest absolute Gasteiger partial charge is 0.252 e. The predicted octanol–water partition coefficient (Wildman–Crippen LogP) is 2.83. The Labute approximate surface area is 150 Å². The maximum Gasteiger partial charge on any atom is 0.252 e. The number of methoxy groups -OCH3 is 1. The van der Waals surface area contributed by atoms with E-state index in [4.69, 9.17) is 15.2 Å². The van der Waals surface area contributed by atoms with Gasteiger partial charge in [-0.25, -0.2) is 9.97 Å². The maximum absolute atomic E-state index is 11.8. The predicted molar refractivity (Wildman–Crippen MR) is 97.4 cm³/mol. The third-order valence-electron chi connectivity index (χ3n) is 4.63. The van der Waals surface area contributed by atoms with Crippen LogP contribution in [0.25, 0.3) is 22.3 Å². The standard InChI is InChI=1S/C19H20N4O3/c1-10-15(19(20)24)17-18(23-10)16(21-9-22-17)13-6-5-12(25-2)7-14(13)26-8-11-3-4-11/h5-7,9,11,23H,3-4,8H2,1-2H3,(H2,20,24). The Hall–Kier alpha value is -3.09. The molecule has 0 atom stereocenters. The van der Waals surface area contributed by atoms with Crippen molar-refractivity contribution in [3.8, 4) is 22.8 Å². The van der Waals surface area contributed by atoms with Crippen molar-refractivity contribution in [3.05, 3.63) is 35.8 Å². The van der Waals surface area contributed by atoms with Gasteiger partial charge in [0, 0.05) is 17.3 Å². The lowest BCUT2D eigenvalue weighted by Crippen LogP contribution is -2.12.